The van der Waals surface area contributed by atoms with Gasteiger partial charge in [0, 0.05) is 12.5 Å². The van der Waals surface area contributed by atoms with Crippen LogP contribution >= 0.6 is 0 Å². The molecule has 1 aliphatic rings. The topological polar surface area (TPSA) is 85.0 Å². The Morgan fingerprint density at radius 2 is 1.71 bits per heavy atom. The first-order valence-electron chi connectivity index (χ1n) is 8.60. The van der Waals surface area contributed by atoms with Gasteiger partial charge in [0.05, 0.1) is 23.1 Å². The zero-order valence-electron chi connectivity index (χ0n) is 15.2. The SMILES string of the molecule is C=CC1CC(C#N)(C#N)C(c2ccc(F)cc2)N1S(=O)(=O)c1ccc(C)cc1. The second kappa shape index (κ2) is 7.20. The van der Waals surface area contributed by atoms with Gasteiger partial charge in [-0.05, 0) is 36.8 Å². The minimum atomic E-state index is -4.05. The molecule has 142 valence electrons. The second-order valence-corrected chi connectivity index (χ2v) is 8.65. The fraction of sp³-hybridized carbons (Fsp3) is 0.238. The number of halogens is 1. The number of sulfonamides is 1. The van der Waals surface area contributed by atoms with Crippen LogP contribution in [0.15, 0.2) is 66.1 Å². The molecule has 1 saturated heterocycles. The van der Waals surface area contributed by atoms with Crippen LogP contribution in [0.25, 0.3) is 0 Å². The van der Waals surface area contributed by atoms with Gasteiger partial charge in [0.15, 0.2) is 5.41 Å². The maximum Gasteiger partial charge on any atom is 0.244 e. The molecule has 0 bridgehead atoms. The summed E-state index contributed by atoms with van der Waals surface area (Å²) in [5.41, 5.74) is -0.335. The highest BCUT2D eigenvalue weighted by Crippen LogP contribution is 2.52. The fourth-order valence-electron chi connectivity index (χ4n) is 3.59. The van der Waals surface area contributed by atoms with Crippen molar-refractivity contribution in [2.45, 2.75) is 30.3 Å². The lowest BCUT2D eigenvalue weighted by molar-refractivity contribution is 0.318. The van der Waals surface area contributed by atoms with Gasteiger partial charge in [0.2, 0.25) is 10.0 Å². The van der Waals surface area contributed by atoms with E-state index in [-0.39, 0.29) is 11.3 Å². The normalized spacial score (nSPS) is 21.6. The van der Waals surface area contributed by atoms with Crippen LogP contribution in [-0.4, -0.2) is 18.8 Å². The molecule has 28 heavy (non-hydrogen) atoms. The second-order valence-electron chi connectivity index (χ2n) is 6.80. The molecule has 1 aliphatic heterocycles. The molecule has 0 N–H and O–H groups in total. The molecule has 0 saturated carbocycles. The molecule has 2 aromatic rings. The van der Waals surface area contributed by atoms with Crippen molar-refractivity contribution >= 4 is 10.0 Å². The van der Waals surface area contributed by atoms with Crippen molar-refractivity contribution < 1.29 is 12.8 Å². The summed E-state index contributed by atoms with van der Waals surface area (Å²) >= 11 is 0. The van der Waals surface area contributed by atoms with E-state index in [0.717, 1.165) is 9.87 Å². The van der Waals surface area contributed by atoms with Gasteiger partial charge in [-0.25, -0.2) is 12.8 Å². The van der Waals surface area contributed by atoms with Gasteiger partial charge in [-0.3, -0.25) is 0 Å². The molecule has 0 aromatic heterocycles. The number of hydrogen-bond donors (Lipinski definition) is 0. The van der Waals surface area contributed by atoms with Crippen LogP contribution in [0.3, 0.4) is 0 Å². The molecule has 0 aliphatic carbocycles. The van der Waals surface area contributed by atoms with Crippen molar-refractivity contribution in [1.82, 2.24) is 4.31 Å². The smallest absolute Gasteiger partial charge is 0.207 e. The highest BCUT2D eigenvalue weighted by atomic mass is 32.2. The molecule has 0 spiro atoms. The van der Waals surface area contributed by atoms with Gasteiger partial charge >= 0.3 is 0 Å². The van der Waals surface area contributed by atoms with Crippen LogP contribution in [0.1, 0.15) is 23.6 Å². The molecule has 0 radical (unpaired) electrons. The first-order chi connectivity index (χ1) is 13.3. The van der Waals surface area contributed by atoms with Crippen LogP contribution in [0, 0.1) is 40.8 Å². The average molecular weight is 395 g/mol. The van der Waals surface area contributed by atoms with Gasteiger partial charge in [-0.1, -0.05) is 35.9 Å². The third kappa shape index (κ3) is 3.09. The summed E-state index contributed by atoms with van der Waals surface area (Å²) < 4.78 is 41.5. The van der Waals surface area contributed by atoms with E-state index in [1.807, 2.05) is 19.1 Å². The van der Waals surface area contributed by atoms with E-state index in [9.17, 15) is 23.3 Å². The standard InChI is InChI=1S/C21H18FN3O2S/c1-3-18-12-21(13-23,14-24)20(16-6-8-17(22)9-7-16)25(18)28(26,27)19-10-4-15(2)5-11-19/h3-11,18,20H,1,12H2,2H3. The molecular formula is C21H18FN3O2S. The summed E-state index contributed by atoms with van der Waals surface area (Å²) in [6, 6.07) is 13.7. The first-order valence-corrected chi connectivity index (χ1v) is 10.0. The van der Waals surface area contributed by atoms with Gasteiger partial charge < -0.3 is 0 Å². The molecule has 1 heterocycles. The van der Waals surface area contributed by atoms with Gasteiger partial charge in [-0.2, -0.15) is 14.8 Å². The quantitative estimate of drug-likeness (QED) is 0.736. The van der Waals surface area contributed by atoms with E-state index in [1.165, 1.54) is 42.5 Å². The van der Waals surface area contributed by atoms with Gasteiger partial charge in [0.25, 0.3) is 0 Å². The molecule has 1 fully saturated rings. The Morgan fingerprint density at radius 3 is 2.21 bits per heavy atom. The highest BCUT2D eigenvalue weighted by molar-refractivity contribution is 7.89. The Kier molecular flexibility index (Phi) is 5.08. The van der Waals surface area contributed by atoms with Gasteiger partial charge in [0.1, 0.15) is 5.82 Å². The number of benzene rings is 2. The zero-order chi connectivity index (χ0) is 20.5. The van der Waals surface area contributed by atoms with Crippen LogP contribution in [-0.2, 0) is 10.0 Å². The Bertz CT molecular complexity index is 1070. The molecule has 2 atom stereocenters. The maximum atomic E-state index is 13.5. The van der Waals surface area contributed by atoms with Crippen LogP contribution in [0.2, 0.25) is 0 Å². The summed E-state index contributed by atoms with van der Waals surface area (Å²) in [5.74, 6) is -0.491. The first kappa shape index (κ1) is 19.8. The highest BCUT2D eigenvalue weighted by Gasteiger charge is 2.57. The third-order valence-electron chi connectivity index (χ3n) is 5.03. The van der Waals surface area contributed by atoms with Crippen LogP contribution in [0.5, 0.6) is 0 Å². The van der Waals surface area contributed by atoms with E-state index >= 15 is 0 Å². The summed E-state index contributed by atoms with van der Waals surface area (Å²) in [4.78, 5) is 0.0590. The minimum absolute atomic E-state index is 0.0172. The predicted octanol–water partition coefficient (Wildman–Crippen LogP) is 3.86. The van der Waals surface area contributed by atoms with E-state index in [2.05, 4.69) is 6.58 Å². The van der Waals surface area contributed by atoms with E-state index < -0.39 is 33.3 Å². The van der Waals surface area contributed by atoms with Crippen LogP contribution in [0.4, 0.5) is 4.39 Å². The number of nitrogens with zero attached hydrogens (tertiary/aromatic N) is 3. The van der Waals surface area contributed by atoms with Crippen LogP contribution < -0.4 is 0 Å². The molecule has 3 rings (SSSR count). The number of nitriles is 2. The molecule has 0 amide bonds. The summed E-state index contributed by atoms with van der Waals surface area (Å²) in [5, 5.41) is 19.6. The Labute approximate surface area is 164 Å². The maximum absolute atomic E-state index is 13.5. The molecule has 2 unspecified atom stereocenters. The minimum Gasteiger partial charge on any atom is -0.207 e. The molecular weight excluding hydrogens is 377 g/mol. The molecule has 5 nitrogen and oxygen atoms in total. The third-order valence-corrected chi connectivity index (χ3v) is 6.94. The lowest BCUT2D eigenvalue weighted by Crippen LogP contribution is -2.38. The van der Waals surface area contributed by atoms with E-state index in [1.54, 1.807) is 12.1 Å². The molecule has 7 heteroatoms. The number of rotatable bonds is 4. The lowest BCUT2D eigenvalue weighted by atomic mass is 9.79. The van der Waals surface area contributed by atoms with Crippen molar-refractivity contribution in [2.24, 2.45) is 5.41 Å². The summed E-state index contributed by atoms with van der Waals surface area (Å²) in [6.07, 6.45) is 1.41. The zero-order valence-corrected chi connectivity index (χ0v) is 16.0. The summed E-state index contributed by atoms with van der Waals surface area (Å²) in [6.45, 7) is 5.55. The largest absolute Gasteiger partial charge is 0.244 e. The van der Waals surface area contributed by atoms with Crippen molar-refractivity contribution in [3.63, 3.8) is 0 Å². The van der Waals surface area contributed by atoms with Crippen molar-refractivity contribution in [3.05, 3.63) is 78.1 Å². The van der Waals surface area contributed by atoms with Crippen molar-refractivity contribution in [3.8, 4) is 12.1 Å². The van der Waals surface area contributed by atoms with E-state index in [4.69, 9.17) is 0 Å². The van der Waals surface area contributed by atoms with E-state index in [0.29, 0.717) is 5.56 Å². The monoisotopic (exact) mass is 395 g/mol. The Balaban J connectivity index is 2.24. The Morgan fingerprint density at radius 1 is 1.14 bits per heavy atom. The number of hydrogen-bond acceptors (Lipinski definition) is 4. The lowest BCUT2D eigenvalue weighted by Gasteiger charge is -2.30. The average Bonchev–Trinajstić information content (AvgIpc) is 3.05. The van der Waals surface area contributed by atoms with Crippen molar-refractivity contribution in [2.75, 3.05) is 0 Å². The fourth-order valence-corrected chi connectivity index (χ4v) is 5.41. The Hall–Kier alpha value is -3.00. The van der Waals surface area contributed by atoms with Gasteiger partial charge in [-0.15, -0.1) is 6.58 Å². The molecule has 2 aromatic carbocycles. The predicted molar refractivity (Wildman–Crippen MR) is 102 cm³/mol. The summed E-state index contributed by atoms with van der Waals surface area (Å²) in [7, 11) is -4.05. The van der Waals surface area contributed by atoms with Crippen molar-refractivity contribution in [1.29, 1.82) is 10.5 Å². The number of aryl methyl sites for hydroxylation is 1.